The predicted molar refractivity (Wildman–Crippen MR) is 60.8 cm³/mol. The smallest absolute Gasteiger partial charge is 0.120 e. The normalized spacial score (nSPS) is 14.7. The molecule has 15 heavy (non-hydrogen) atoms. The summed E-state index contributed by atoms with van der Waals surface area (Å²) in [6, 6.07) is 7.44. The van der Waals surface area contributed by atoms with E-state index in [1.165, 1.54) is 0 Å². The van der Waals surface area contributed by atoms with E-state index in [2.05, 4.69) is 6.92 Å². The van der Waals surface area contributed by atoms with Crippen LogP contribution in [0.15, 0.2) is 24.3 Å². The first kappa shape index (κ1) is 12.0. The van der Waals surface area contributed by atoms with Crippen LogP contribution < -0.4 is 10.5 Å². The van der Waals surface area contributed by atoms with Crippen molar-refractivity contribution in [1.82, 2.24) is 0 Å². The molecule has 84 valence electrons. The Labute approximate surface area is 90.9 Å². The van der Waals surface area contributed by atoms with Gasteiger partial charge in [-0.05, 0) is 31.0 Å². The van der Waals surface area contributed by atoms with E-state index in [0.717, 1.165) is 17.7 Å². The van der Waals surface area contributed by atoms with Crippen molar-refractivity contribution in [2.45, 2.75) is 32.5 Å². The standard InChI is InChI=1S/C12H19NO2/c1-3-9(2)15-11-6-4-5-10(7-11)12(14)8-13/h4-7,9,12,14H,3,8,13H2,1-2H3/t9-,12-/m1/s1. The van der Waals surface area contributed by atoms with Crippen LogP contribution in [0.1, 0.15) is 31.9 Å². The summed E-state index contributed by atoms with van der Waals surface area (Å²) in [4.78, 5) is 0. The van der Waals surface area contributed by atoms with Gasteiger partial charge in [-0.15, -0.1) is 0 Å². The fraction of sp³-hybridized carbons (Fsp3) is 0.500. The van der Waals surface area contributed by atoms with Crippen LogP contribution >= 0.6 is 0 Å². The highest BCUT2D eigenvalue weighted by Crippen LogP contribution is 2.19. The highest BCUT2D eigenvalue weighted by atomic mass is 16.5. The lowest BCUT2D eigenvalue weighted by molar-refractivity contribution is 0.184. The molecule has 0 aliphatic carbocycles. The van der Waals surface area contributed by atoms with Crippen molar-refractivity contribution in [3.05, 3.63) is 29.8 Å². The number of nitrogens with two attached hydrogens (primary N) is 1. The highest BCUT2D eigenvalue weighted by molar-refractivity contribution is 5.30. The number of ether oxygens (including phenoxy) is 1. The predicted octanol–water partition coefficient (Wildman–Crippen LogP) is 1.86. The summed E-state index contributed by atoms with van der Waals surface area (Å²) in [6.07, 6.45) is 0.546. The Kier molecular flexibility index (Phi) is 4.59. The fourth-order valence-electron chi connectivity index (χ4n) is 1.25. The van der Waals surface area contributed by atoms with E-state index in [9.17, 15) is 5.11 Å². The van der Waals surface area contributed by atoms with Crippen molar-refractivity contribution in [1.29, 1.82) is 0 Å². The molecule has 0 aliphatic rings. The Balaban J connectivity index is 2.74. The minimum atomic E-state index is -0.606. The molecule has 0 spiro atoms. The van der Waals surface area contributed by atoms with E-state index in [0.29, 0.717) is 0 Å². The Morgan fingerprint density at radius 3 is 2.80 bits per heavy atom. The van der Waals surface area contributed by atoms with Crippen LogP contribution in [0.2, 0.25) is 0 Å². The van der Waals surface area contributed by atoms with Crippen LogP contribution in [0.4, 0.5) is 0 Å². The molecule has 3 N–H and O–H groups in total. The van der Waals surface area contributed by atoms with Gasteiger partial charge in [0, 0.05) is 6.54 Å². The molecule has 0 saturated heterocycles. The maximum Gasteiger partial charge on any atom is 0.120 e. The van der Waals surface area contributed by atoms with Crippen molar-refractivity contribution >= 4 is 0 Å². The summed E-state index contributed by atoms with van der Waals surface area (Å²) in [5.41, 5.74) is 6.19. The number of aliphatic hydroxyl groups excluding tert-OH is 1. The third kappa shape index (κ3) is 3.53. The highest BCUT2D eigenvalue weighted by Gasteiger charge is 2.07. The minimum Gasteiger partial charge on any atom is -0.491 e. The first-order chi connectivity index (χ1) is 7.17. The van der Waals surface area contributed by atoms with Crippen molar-refractivity contribution in [2.24, 2.45) is 5.73 Å². The zero-order valence-electron chi connectivity index (χ0n) is 9.31. The van der Waals surface area contributed by atoms with Crippen LogP contribution in [0, 0.1) is 0 Å². The molecule has 0 saturated carbocycles. The van der Waals surface area contributed by atoms with E-state index >= 15 is 0 Å². The minimum absolute atomic E-state index is 0.190. The van der Waals surface area contributed by atoms with Gasteiger partial charge in [-0.3, -0.25) is 0 Å². The van der Waals surface area contributed by atoms with E-state index < -0.39 is 6.10 Å². The zero-order valence-corrected chi connectivity index (χ0v) is 9.31. The molecule has 0 aromatic heterocycles. The zero-order chi connectivity index (χ0) is 11.3. The number of hydrogen-bond acceptors (Lipinski definition) is 3. The summed E-state index contributed by atoms with van der Waals surface area (Å²) in [7, 11) is 0. The van der Waals surface area contributed by atoms with Gasteiger partial charge in [0.2, 0.25) is 0 Å². The monoisotopic (exact) mass is 209 g/mol. The van der Waals surface area contributed by atoms with Crippen LogP contribution in [0.3, 0.4) is 0 Å². The van der Waals surface area contributed by atoms with Gasteiger partial charge in [0.05, 0.1) is 12.2 Å². The molecule has 0 heterocycles. The molecule has 1 aromatic carbocycles. The van der Waals surface area contributed by atoms with Crippen molar-refractivity contribution in [3.63, 3.8) is 0 Å². The van der Waals surface area contributed by atoms with Gasteiger partial charge in [0.15, 0.2) is 0 Å². The Morgan fingerprint density at radius 2 is 2.20 bits per heavy atom. The molecule has 1 rings (SSSR count). The average Bonchev–Trinajstić information content (AvgIpc) is 2.28. The van der Waals surface area contributed by atoms with Gasteiger partial charge in [0.1, 0.15) is 5.75 Å². The SMILES string of the molecule is CC[C@@H](C)Oc1cccc([C@H](O)CN)c1. The van der Waals surface area contributed by atoms with Crippen LogP contribution in [-0.4, -0.2) is 17.8 Å². The van der Waals surface area contributed by atoms with E-state index in [-0.39, 0.29) is 12.6 Å². The van der Waals surface area contributed by atoms with Gasteiger partial charge < -0.3 is 15.6 Å². The largest absolute Gasteiger partial charge is 0.491 e. The number of hydrogen-bond donors (Lipinski definition) is 2. The topological polar surface area (TPSA) is 55.5 Å². The molecule has 1 aromatic rings. The van der Waals surface area contributed by atoms with Crippen molar-refractivity contribution < 1.29 is 9.84 Å². The molecule has 0 bridgehead atoms. The van der Waals surface area contributed by atoms with Gasteiger partial charge in [-0.2, -0.15) is 0 Å². The molecule has 0 unspecified atom stereocenters. The van der Waals surface area contributed by atoms with Gasteiger partial charge in [0.25, 0.3) is 0 Å². The molecular weight excluding hydrogens is 190 g/mol. The summed E-state index contributed by atoms with van der Waals surface area (Å²) in [6.45, 7) is 4.32. The maximum absolute atomic E-state index is 9.56. The van der Waals surface area contributed by atoms with Crippen LogP contribution in [0.5, 0.6) is 5.75 Å². The summed E-state index contributed by atoms with van der Waals surface area (Å²) < 4.78 is 5.65. The van der Waals surface area contributed by atoms with Gasteiger partial charge >= 0.3 is 0 Å². The summed E-state index contributed by atoms with van der Waals surface area (Å²) in [5, 5.41) is 9.56. The molecular formula is C12H19NO2. The molecule has 0 fully saturated rings. The molecule has 0 radical (unpaired) electrons. The van der Waals surface area contributed by atoms with Crippen molar-refractivity contribution in [2.75, 3.05) is 6.54 Å². The molecule has 0 amide bonds. The molecule has 3 heteroatoms. The first-order valence-corrected chi connectivity index (χ1v) is 5.32. The average molecular weight is 209 g/mol. The number of benzene rings is 1. The van der Waals surface area contributed by atoms with E-state index in [4.69, 9.17) is 10.5 Å². The Bertz CT molecular complexity index is 301. The van der Waals surface area contributed by atoms with Gasteiger partial charge in [-0.25, -0.2) is 0 Å². The second-order valence-corrected chi connectivity index (χ2v) is 3.66. The maximum atomic E-state index is 9.56. The third-order valence-electron chi connectivity index (χ3n) is 2.38. The number of rotatable bonds is 5. The van der Waals surface area contributed by atoms with Crippen LogP contribution in [0.25, 0.3) is 0 Å². The lowest BCUT2D eigenvalue weighted by atomic mass is 10.1. The fourth-order valence-corrected chi connectivity index (χ4v) is 1.25. The first-order valence-electron chi connectivity index (χ1n) is 5.32. The van der Waals surface area contributed by atoms with E-state index in [1.807, 2.05) is 31.2 Å². The van der Waals surface area contributed by atoms with E-state index in [1.54, 1.807) is 0 Å². The van der Waals surface area contributed by atoms with Gasteiger partial charge in [-0.1, -0.05) is 19.1 Å². The third-order valence-corrected chi connectivity index (χ3v) is 2.38. The number of aliphatic hydroxyl groups is 1. The quantitative estimate of drug-likeness (QED) is 0.778. The molecule has 3 nitrogen and oxygen atoms in total. The van der Waals surface area contributed by atoms with Crippen LogP contribution in [-0.2, 0) is 0 Å². The molecule has 0 aliphatic heterocycles. The Morgan fingerprint density at radius 1 is 1.47 bits per heavy atom. The lowest BCUT2D eigenvalue weighted by Gasteiger charge is -2.14. The second kappa shape index (κ2) is 5.73. The second-order valence-electron chi connectivity index (χ2n) is 3.66. The van der Waals surface area contributed by atoms with Crippen molar-refractivity contribution in [3.8, 4) is 5.75 Å². The summed E-state index contributed by atoms with van der Waals surface area (Å²) >= 11 is 0. The molecule has 2 atom stereocenters. The lowest BCUT2D eigenvalue weighted by Crippen LogP contribution is -2.13. The summed E-state index contributed by atoms with van der Waals surface area (Å²) in [5.74, 6) is 0.786. The Hall–Kier alpha value is -1.06.